The lowest BCUT2D eigenvalue weighted by Crippen LogP contribution is -2.30. The normalized spacial score (nSPS) is 9.88. The number of carbonyl (C=O) groups is 1. The molecule has 0 heterocycles. The summed E-state index contributed by atoms with van der Waals surface area (Å²) < 4.78 is 5.10. The SMILES string of the molecule is COc1cccc(SCC(=O)NCCN)c1. The fraction of sp³-hybridized carbons (Fsp3) is 0.364. The van der Waals surface area contributed by atoms with Gasteiger partial charge in [-0.15, -0.1) is 11.8 Å². The van der Waals surface area contributed by atoms with Crippen LogP contribution in [0.5, 0.6) is 5.75 Å². The highest BCUT2D eigenvalue weighted by atomic mass is 32.2. The van der Waals surface area contributed by atoms with Crippen LogP contribution in [0.2, 0.25) is 0 Å². The lowest BCUT2D eigenvalue weighted by atomic mass is 10.3. The Morgan fingerprint density at radius 1 is 1.56 bits per heavy atom. The number of benzene rings is 1. The molecule has 5 heteroatoms. The van der Waals surface area contributed by atoms with E-state index in [0.717, 1.165) is 10.6 Å². The zero-order valence-corrected chi connectivity index (χ0v) is 10.0. The van der Waals surface area contributed by atoms with E-state index in [4.69, 9.17) is 10.5 Å². The van der Waals surface area contributed by atoms with Crippen molar-refractivity contribution in [2.75, 3.05) is 26.0 Å². The molecule has 1 amide bonds. The minimum atomic E-state index is -0.00160. The molecule has 0 radical (unpaired) electrons. The van der Waals surface area contributed by atoms with E-state index in [0.29, 0.717) is 18.8 Å². The van der Waals surface area contributed by atoms with Gasteiger partial charge in [0.1, 0.15) is 5.75 Å². The molecule has 3 N–H and O–H groups in total. The number of nitrogens with one attached hydrogen (secondary N) is 1. The molecule has 0 aliphatic heterocycles. The van der Waals surface area contributed by atoms with Crippen molar-refractivity contribution in [3.05, 3.63) is 24.3 Å². The number of ether oxygens (including phenoxy) is 1. The van der Waals surface area contributed by atoms with Crippen molar-refractivity contribution >= 4 is 17.7 Å². The zero-order valence-electron chi connectivity index (χ0n) is 9.23. The Kier molecular flexibility index (Phi) is 5.74. The number of carbonyl (C=O) groups excluding carboxylic acids is 1. The van der Waals surface area contributed by atoms with Crippen molar-refractivity contribution in [3.63, 3.8) is 0 Å². The first-order valence-electron chi connectivity index (χ1n) is 5.00. The van der Waals surface area contributed by atoms with Gasteiger partial charge in [-0.25, -0.2) is 0 Å². The van der Waals surface area contributed by atoms with Gasteiger partial charge < -0.3 is 15.8 Å². The quantitative estimate of drug-likeness (QED) is 0.724. The van der Waals surface area contributed by atoms with Crippen LogP contribution in [0.15, 0.2) is 29.2 Å². The van der Waals surface area contributed by atoms with Crippen LogP contribution in [0.25, 0.3) is 0 Å². The second-order valence-corrected chi connectivity index (χ2v) is 4.16. The third-order valence-corrected chi connectivity index (χ3v) is 2.87. The maximum absolute atomic E-state index is 11.3. The Balaban J connectivity index is 2.38. The highest BCUT2D eigenvalue weighted by Crippen LogP contribution is 2.22. The predicted molar refractivity (Wildman–Crippen MR) is 65.8 cm³/mol. The molecule has 88 valence electrons. The van der Waals surface area contributed by atoms with Gasteiger partial charge in [0.15, 0.2) is 0 Å². The van der Waals surface area contributed by atoms with Crippen molar-refractivity contribution in [1.82, 2.24) is 5.32 Å². The number of methoxy groups -OCH3 is 1. The summed E-state index contributed by atoms with van der Waals surface area (Å²) in [6.07, 6.45) is 0. The Labute approximate surface area is 99.5 Å². The Morgan fingerprint density at radius 3 is 3.06 bits per heavy atom. The van der Waals surface area contributed by atoms with Crippen LogP contribution in [-0.2, 0) is 4.79 Å². The van der Waals surface area contributed by atoms with Crippen LogP contribution in [0.1, 0.15) is 0 Å². The smallest absolute Gasteiger partial charge is 0.230 e. The van der Waals surface area contributed by atoms with Crippen LogP contribution in [0.3, 0.4) is 0 Å². The Bertz CT molecular complexity index is 345. The molecule has 0 saturated carbocycles. The van der Waals surface area contributed by atoms with Gasteiger partial charge in [0.05, 0.1) is 12.9 Å². The largest absolute Gasteiger partial charge is 0.497 e. The van der Waals surface area contributed by atoms with E-state index in [9.17, 15) is 4.79 Å². The van der Waals surface area contributed by atoms with E-state index >= 15 is 0 Å². The van der Waals surface area contributed by atoms with Gasteiger partial charge in [0.25, 0.3) is 0 Å². The van der Waals surface area contributed by atoms with E-state index in [1.54, 1.807) is 7.11 Å². The van der Waals surface area contributed by atoms with Crippen LogP contribution in [0.4, 0.5) is 0 Å². The predicted octanol–water partition coefficient (Wildman–Crippen LogP) is 0.862. The maximum Gasteiger partial charge on any atom is 0.230 e. The molecule has 1 aromatic rings. The molecule has 0 fully saturated rings. The molecule has 0 saturated heterocycles. The molecule has 0 aliphatic rings. The summed E-state index contributed by atoms with van der Waals surface area (Å²) in [6, 6.07) is 7.63. The monoisotopic (exact) mass is 240 g/mol. The third-order valence-electron chi connectivity index (χ3n) is 1.88. The third kappa shape index (κ3) is 4.55. The number of thioether (sulfide) groups is 1. The van der Waals surface area contributed by atoms with Crippen molar-refractivity contribution in [2.45, 2.75) is 4.90 Å². The van der Waals surface area contributed by atoms with Gasteiger partial charge in [-0.2, -0.15) is 0 Å². The molecular weight excluding hydrogens is 224 g/mol. The summed E-state index contributed by atoms with van der Waals surface area (Å²) in [7, 11) is 1.62. The fourth-order valence-electron chi connectivity index (χ4n) is 1.10. The van der Waals surface area contributed by atoms with Crippen molar-refractivity contribution in [2.24, 2.45) is 5.73 Å². The summed E-state index contributed by atoms with van der Waals surface area (Å²) >= 11 is 1.48. The molecule has 0 aliphatic carbocycles. The van der Waals surface area contributed by atoms with Gasteiger partial charge >= 0.3 is 0 Å². The molecule has 0 spiro atoms. The van der Waals surface area contributed by atoms with Crippen molar-refractivity contribution in [3.8, 4) is 5.75 Å². The lowest BCUT2D eigenvalue weighted by Gasteiger charge is -2.05. The first-order chi connectivity index (χ1) is 7.76. The maximum atomic E-state index is 11.3. The molecule has 0 aromatic heterocycles. The van der Waals surface area contributed by atoms with Crippen molar-refractivity contribution in [1.29, 1.82) is 0 Å². The lowest BCUT2D eigenvalue weighted by molar-refractivity contribution is -0.118. The van der Waals surface area contributed by atoms with Crippen LogP contribution >= 0.6 is 11.8 Å². The summed E-state index contributed by atoms with van der Waals surface area (Å²) in [5, 5.41) is 2.72. The van der Waals surface area contributed by atoms with E-state index in [2.05, 4.69) is 5.32 Å². The molecule has 0 atom stereocenters. The number of amides is 1. The van der Waals surface area contributed by atoms with E-state index < -0.39 is 0 Å². The Morgan fingerprint density at radius 2 is 2.38 bits per heavy atom. The molecule has 1 aromatic carbocycles. The number of hydrogen-bond acceptors (Lipinski definition) is 4. The average molecular weight is 240 g/mol. The highest BCUT2D eigenvalue weighted by molar-refractivity contribution is 8.00. The number of hydrogen-bond donors (Lipinski definition) is 2. The number of rotatable bonds is 6. The van der Waals surface area contributed by atoms with Crippen LogP contribution in [0, 0.1) is 0 Å². The zero-order chi connectivity index (χ0) is 11.8. The summed E-state index contributed by atoms with van der Waals surface area (Å²) in [6.45, 7) is 0.993. The topological polar surface area (TPSA) is 64.3 Å². The second-order valence-electron chi connectivity index (χ2n) is 3.11. The van der Waals surface area contributed by atoms with Crippen LogP contribution in [-0.4, -0.2) is 31.9 Å². The standard InChI is InChI=1S/C11H16N2O2S/c1-15-9-3-2-4-10(7-9)16-8-11(14)13-6-5-12/h2-4,7H,5-6,8,12H2,1H3,(H,13,14). The van der Waals surface area contributed by atoms with Crippen molar-refractivity contribution < 1.29 is 9.53 Å². The average Bonchev–Trinajstić information content (AvgIpc) is 2.34. The molecule has 16 heavy (non-hydrogen) atoms. The van der Waals surface area contributed by atoms with E-state index in [-0.39, 0.29) is 5.91 Å². The minimum Gasteiger partial charge on any atom is -0.497 e. The molecule has 4 nitrogen and oxygen atoms in total. The summed E-state index contributed by atoms with van der Waals surface area (Å²) in [5.41, 5.74) is 5.28. The number of nitrogens with two attached hydrogens (primary N) is 1. The summed E-state index contributed by atoms with van der Waals surface area (Å²) in [5.74, 6) is 1.19. The Hall–Kier alpha value is -1.20. The van der Waals surface area contributed by atoms with Gasteiger partial charge in [-0.3, -0.25) is 4.79 Å². The second kappa shape index (κ2) is 7.14. The molecule has 0 unspecified atom stereocenters. The van der Waals surface area contributed by atoms with Gasteiger partial charge in [-0.1, -0.05) is 6.07 Å². The highest BCUT2D eigenvalue weighted by Gasteiger charge is 2.02. The van der Waals surface area contributed by atoms with Gasteiger partial charge in [0, 0.05) is 18.0 Å². The minimum absolute atomic E-state index is 0.00160. The molecule has 1 rings (SSSR count). The van der Waals surface area contributed by atoms with E-state index in [1.165, 1.54) is 11.8 Å². The van der Waals surface area contributed by atoms with Gasteiger partial charge in [-0.05, 0) is 18.2 Å². The fourth-order valence-corrected chi connectivity index (χ4v) is 1.88. The molecular formula is C11H16N2O2S. The van der Waals surface area contributed by atoms with E-state index in [1.807, 2.05) is 24.3 Å². The molecule has 0 bridgehead atoms. The van der Waals surface area contributed by atoms with Crippen LogP contribution < -0.4 is 15.8 Å². The van der Waals surface area contributed by atoms with Gasteiger partial charge in [0.2, 0.25) is 5.91 Å². The first-order valence-corrected chi connectivity index (χ1v) is 5.98. The first kappa shape index (κ1) is 12.9. The summed E-state index contributed by atoms with van der Waals surface area (Å²) in [4.78, 5) is 12.3.